The Morgan fingerprint density at radius 1 is 1.10 bits per heavy atom. The zero-order valence-corrected chi connectivity index (χ0v) is 15.8. The minimum atomic E-state index is -4.79. The van der Waals surface area contributed by atoms with Crippen molar-refractivity contribution in [1.29, 1.82) is 0 Å². The first kappa shape index (κ1) is 20.9. The summed E-state index contributed by atoms with van der Waals surface area (Å²) in [7, 11) is 1.46. The molecule has 0 unspecified atom stereocenters. The molecule has 156 valence electrons. The molecule has 1 aromatic heterocycles. The van der Waals surface area contributed by atoms with E-state index in [-0.39, 0.29) is 12.2 Å². The lowest BCUT2D eigenvalue weighted by molar-refractivity contribution is -0.274. The molecule has 0 saturated carbocycles. The maximum atomic E-state index is 12.5. The minimum absolute atomic E-state index is 0.254. The topological polar surface area (TPSA) is 76.5 Å². The third-order valence-corrected chi connectivity index (χ3v) is 3.95. The van der Waals surface area contributed by atoms with Crippen molar-refractivity contribution in [3.8, 4) is 11.4 Å². The number of carbonyl (C=O) groups is 2. The molecule has 0 atom stereocenters. The maximum Gasteiger partial charge on any atom is 0.573 e. The highest BCUT2D eigenvalue weighted by atomic mass is 19.4. The molecule has 1 heterocycles. The summed E-state index contributed by atoms with van der Waals surface area (Å²) in [6.07, 6.45) is -1.82. The zero-order chi connectivity index (χ0) is 21.7. The Bertz CT molecular complexity index is 1020. The van der Waals surface area contributed by atoms with Crippen molar-refractivity contribution in [3.63, 3.8) is 0 Å². The normalized spacial score (nSPS) is 11.1. The van der Waals surface area contributed by atoms with E-state index in [1.807, 2.05) is 30.3 Å². The zero-order valence-electron chi connectivity index (χ0n) is 15.8. The highest BCUT2D eigenvalue weighted by Gasteiger charge is 2.31. The van der Waals surface area contributed by atoms with Gasteiger partial charge >= 0.3 is 6.36 Å². The molecule has 0 bridgehead atoms. The number of likely N-dealkylation sites (N-methyl/N-ethyl adjacent to an activating group) is 1. The van der Waals surface area contributed by atoms with Crippen LogP contribution >= 0.6 is 0 Å². The van der Waals surface area contributed by atoms with Gasteiger partial charge in [-0.1, -0.05) is 18.2 Å². The van der Waals surface area contributed by atoms with Gasteiger partial charge in [0, 0.05) is 18.9 Å². The third kappa shape index (κ3) is 5.60. The van der Waals surface area contributed by atoms with Crippen molar-refractivity contribution in [2.75, 3.05) is 18.9 Å². The van der Waals surface area contributed by atoms with Crippen molar-refractivity contribution in [1.82, 2.24) is 14.7 Å². The number of hydrogen-bond acceptors (Lipinski definition) is 4. The number of carbonyl (C=O) groups excluding carboxylic acids is 2. The Balaban J connectivity index is 1.56. The van der Waals surface area contributed by atoms with Crippen LogP contribution < -0.4 is 10.1 Å². The monoisotopic (exact) mass is 418 g/mol. The summed E-state index contributed by atoms with van der Waals surface area (Å²) in [5.41, 5.74) is 1.37. The molecule has 2 aromatic carbocycles. The number of rotatable bonds is 6. The number of halogens is 3. The van der Waals surface area contributed by atoms with Crippen molar-refractivity contribution in [2.24, 2.45) is 0 Å². The average molecular weight is 418 g/mol. The number of alkyl halides is 3. The van der Waals surface area contributed by atoms with E-state index >= 15 is 0 Å². The van der Waals surface area contributed by atoms with Crippen LogP contribution in [-0.2, 0) is 4.79 Å². The number of benzene rings is 2. The van der Waals surface area contributed by atoms with Gasteiger partial charge in [-0.05, 0) is 36.4 Å². The van der Waals surface area contributed by atoms with E-state index in [4.69, 9.17) is 0 Å². The van der Waals surface area contributed by atoms with E-state index in [9.17, 15) is 22.8 Å². The van der Waals surface area contributed by atoms with Gasteiger partial charge in [0.15, 0.2) is 0 Å². The summed E-state index contributed by atoms with van der Waals surface area (Å²) >= 11 is 0. The largest absolute Gasteiger partial charge is 0.573 e. The Morgan fingerprint density at radius 3 is 2.40 bits per heavy atom. The predicted octanol–water partition coefficient (Wildman–Crippen LogP) is 3.48. The van der Waals surface area contributed by atoms with Crippen molar-refractivity contribution < 1.29 is 27.5 Å². The van der Waals surface area contributed by atoms with Crippen LogP contribution in [0.3, 0.4) is 0 Å². The Morgan fingerprint density at radius 2 is 1.77 bits per heavy atom. The van der Waals surface area contributed by atoms with Crippen LogP contribution in [0, 0.1) is 0 Å². The molecule has 3 rings (SSSR count). The Kier molecular flexibility index (Phi) is 6.05. The quantitative estimate of drug-likeness (QED) is 0.665. The van der Waals surface area contributed by atoms with E-state index in [1.165, 1.54) is 30.3 Å². The second-order valence-electron chi connectivity index (χ2n) is 6.29. The fourth-order valence-corrected chi connectivity index (χ4v) is 2.60. The number of anilines is 1. The fourth-order valence-electron chi connectivity index (χ4n) is 2.60. The molecule has 0 aliphatic carbocycles. The van der Waals surface area contributed by atoms with Gasteiger partial charge in [0.25, 0.3) is 5.91 Å². The summed E-state index contributed by atoms with van der Waals surface area (Å²) in [4.78, 5) is 25.9. The highest BCUT2D eigenvalue weighted by Crippen LogP contribution is 2.24. The van der Waals surface area contributed by atoms with E-state index < -0.39 is 23.9 Å². The number of nitrogens with zero attached hydrogens (tertiary/aromatic N) is 3. The first-order valence-electron chi connectivity index (χ1n) is 8.72. The van der Waals surface area contributed by atoms with Crippen molar-refractivity contribution in [2.45, 2.75) is 6.36 Å². The summed E-state index contributed by atoms with van der Waals surface area (Å²) < 4.78 is 41.8. The number of amides is 2. The molecule has 0 fully saturated rings. The summed E-state index contributed by atoms with van der Waals surface area (Å²) in [6, 6.07) is 13.9. The Labute approximate surface area is 169 Å². The molecular weight excluding hydrogens is 401 g/mol. The lowest BCUT2D eigenvalue weighted by Gasteiger charge is -2.16. The van der Waals surface area contributed by atoms with E-state index in [0.717, 1.165) is 17.8 Å². The van der Waals surface area contributed by atoms with E-state index in [0.29, 0.717) is 5.56 Å². The predicted molar refractivity (Wildman–Crippen MR) is 102 cm³/mol. The van der Waals surface area contributed by atoms with Gasteiger partial charge in [0.2, 0.25) is 5.91 Å². The molecule has 3 aromatic rings. The second-order valence-corrected chi connectivity index (χ2v) is 6.29. The van der Waals surface area contributed by atoms with Crippen molar-refractivity contribution in [3.05, 3.63) is 72.6 Å². The molecule has 10 heteroatoms. The van der Waals surface area contributed by atoms with E-state index in [1.54, 1.807) is 10.9 Å². The molecule has 30 heavy (non-hydrogen) atoms. The van der Waals surface area contributed by atoms with Crippen LogP contribution in [-0.4, -0.2) is 46.4 Å². The lowest BCUT2D eigenvalue weighted by atomic mass is 10.3. The second kappa shape index (κ2) is 8.68. The number of para-hydroxylation sites is 1. The van der Waals surface area contributed by atoms with Crippen LogP contribution in [0.2, 0.25) is 0 Å². The number of hydrogen-bond donors (Lipinski definition) is 1. The van der Waals surface area contributed by atoms with Crippen molar-refractivity contribution >= 4 is 17.5 Å². The van der Waals surface area contributed by atoms with Gasteiger partial charge < -0.3 is 15.0 Å². The number of nitrogens with one attached hydrogen (secondary N) is 1. The first-order valence-corrected chi connectivity index (χ1v) is 8.72. The fraction of sp³-hybridized carbons (Fsp3) is 0.150. The average Bonchev–Trinajstić information content (AvgIpc) is 3.18. The molecule has 7 nitrogen and oxygen atoms in total. The molecule has 0 spiro atoms. The SMILES string of the molecule is CN(CC(=O)Nc1ccc(OC(F)(F)F)cc1)C(=O)c1cnn(-c2ccccc2)c1. The summed E-state index contributed by atoms with van der Waals surface area (Å²) in [6.45, 7) is -0.254. The molecule has 2 amide bonds. The third-order valence-electron chi connectivity index (χ3n) is 3.95. The van der Waals surface area contributed by atoms with Crippen LogP contribution in [0.5, 0.6) is 5.75 Å². The van der Waals surface area contributed by atoms with Crippen LogP contribution in [0.1, 0.15) is 10.4 Å². The van der Waals surface area contributed by atoms with Gasteiger partial charge in [-0.25, -0.2) is 4.68 Å². The molecule has 0 radical (unpaired) electrons. The van der Waals surface area contributed by atoms with Crippen LogP contribution in [0.15, 0.2) is 67.0 Å². The van der Waals surface area contributed by atoms with Crippen LogP contribution in [0.4, 0.5) is 18.9 Å². The summed E-state index contributed by atoms with van der Waals surface area (Å²) in [5, 5.41) is 6.66. The standard InChI is InChI=1S/C20H17F3N4O3/c1-26(19(29)14-11-24-27(12-14)16-5-3-2-4-6-16)13-18(28)25-15-7-9-17(10-8-15)30-20(21,22)23/h2-12H,13H2,1H3,(H,25,28). The molecule has 0 aliphatic rings. The first-order chi connectivity index (χ1) is 14.2. The lowest BCUT2D eigenvalue weighted by Crippen LogP contribution is -2.34. The van der Waals surface area contributed by atoms with Gasteiger partial charge in [0.1, 0.15) is 5.75 Å². The summed E-state index contributed by atoms with van der Waals surface area (Å²) in [5.74, 6) is -1.31. The Hall–Kier alpha value is -3.82. The highest BCUT2D eigenvalue weighted by molar-refractivity contribution is 5.99. The van der Waals surface area contributed by atoms with E-state index in [2.05, 4.69) is 15.2 Å². The number of aromatic nitrogens is 2. The molecule has 1 N–H and O–H groups in total. The van der Waals surface area contributed by atoms with Gasteiger partial charge in [-0.15, -0.1) is 13.2 Å². The smallest absolute Gasteiger partial charge is 0.406 e. The van der Waals surface area contributed by atoms with Gasteiger partial charge in [-0.2, -0.15) is 5.10 Å². The number of ether oxygens (including phenoxy) is 1. The minimum Gasteiger partial charge on any atom is -0.406 e. The van der Waals surface area contributed by atoms with Gasteiger partial charge in [-0.3, -0.25) is 9.59 Å². The molecule has 0 saturated heterocycles. The molecular formula is C20H17F3N4O3. The molecule has 0 aliphatic heterocycles. The van der Waals surface area contributed by atoms with Crippen LogP contribution in [0.25, 0.3) is 5.69 Å². The maximum absolute atomic E-state index is 12.5. The van der Waals surface area contributed by atoms with Gasteiger partial charge in [0.05, 0.1) is 24.0 Å².